The third-order valence-corrected chi connectivity index (χ3v) is 4.14. The van der Waals surface area contributed by atoms with Gasteiger partial charge < -0.3 is 13.3 Å². The van der Waals surface area contributed by atoms with E-state index in [0.717, 1.165) is 13.2 Å². The lowest BCUT2D eigenvalue weighted by atomic mass is 9.97. The van der Waals surface area contributed by atoms with E-state index in [-0.39, 0.29) is 11.5 Å². The van der Waals surface area contributed by atoms with Crippen molar-refractivity contribution in [2.75, 3.05) is 13.2 Å². The quantitative estimate of drug-likeness (QED) is 0.644. The Labute approximate surface area is 81.7 Å². The van der Waals surface area contributed by atoms with Crippen LogP contribution in [0.15, 0.2) is 0 Å². The lowest BCUT2D eigenvalue weighted by Gasteiger charge is -2.39. The first-order valence-electron chi connectivity index (χ1n) is 4.79. The molecule has 0 aromatic heterocycles. The molecule has 0 saturated carbocycles. The van der Waals surface area contributed by atoms with Crippen molar-refractivity contribution >= 4 is 8.80 Å². The monoisotopic (exact) mass is 204 g/mol. The van der Waals surface area contributed by atoms with Crippen LogP contribution in [0.1, 0.15) is 27.7 Å². The van der Waals surface area contributed by atoms with Crippen molar-refractivity contribution in [2.24, 2.45) is 5.41 Å². The lowest BCUT2D eigenvalue weighted by molar-refractivity contribution is -0.0476. The van der Waals surface area contributed by atoms with E-state index < -0.39 is 8.80 Å². The molecule has 0 aliphatic carbocycles. The number of hydrogen-bond donors (Lipinski definition) is 0. The van der Waals surface area contributed by atoms with Gasteiger partial charge in [-0.05, 0) is 13.8 Å². The summed E-state index contributed by atoms with van der Waals surface area (Å²) in [6, 6.07) is 0. The summed E-state index contributed by atoms with van der Waals surface area (Å²) in [7, 11) is -2.29. The third kappa shape index (κ3) is 3.38. The summed E-state index contributed by atoms with van der Waals surface area (Å²) in [5, 5.41) is 0. The Bertz CT molecular complexity index is 170. The van der Waals surface area contributed by atoms with Crippen molar-refractivity contribution in [1.82, 2.24) is 0 Å². The number of hydrogen-bond acceptors (Lipinski definition) is 3. The first kappa shape index (κ1) is 11.2. The van der Waals surface area contributed by atoms with Crippen molar-refractivity contribution in [1.29, 1.82) is 0 Å². The maximum absolute atomic E-state index is 5.69. The Morgan fingerprint density at radius 1 is 1.23 bits per heavy atom. The predicted octanol–water partition coefficient (Wildman–Crippen LogP) is 2.05. The SMILES string of the molecule is CC(C)O[Si]1(C)OCC(C)(C)CO1. The van der Waals surface area contributed by atoms with Crippen LogP contribution in [0, 0.1) is 5.41 Å². The minimum absolute atomic E-state index is 0.132. The van der Waals surface area contributed by atoms with Crippen LogP contribution < -0.4 is 0 Å². The maximum Gasteiger partial charge on any atom is 0.497 e. The van der Waals surface area contributed by atoms with Gasteiger partial charge in [0, 0.05) is 31.3 Å². The van der Waals surface area contributed by atoms with E-state index in [4.69, 9.17) is 13.3 Å². The van der Waals surface area contributed by atoms with E-state index in [2.05, 4.69) is 13.8 Å². The average Bonchev–Trinajstić information content (AvgIpc) is 1.95. The second-order valence-corrected chi connectivity index (χ2v) is 7.31. The molecule has 0 bridgehead atoms. The molecule has 0 spiro atoms. The molecular weight excluding hydrogens is 184 g/mol. The molecule has 0 radical (unpaired) electrons. The number of rotatable bonds is 2. The first-order valence-corrected chi connectivity index (χ1v) is 7.01. The van der Waals surface area contributed by atoms with Crippen LogP contribution in [0.25, 0.3) is 0 Å². The van der Waals surface area contributed by atoms with E-state index in [0.29, 0.717) is 0 Å². The maximum atomic E-state index is 5.69. The van der Waals surface area contributed by atoms with Crippen LogP contribution in [0.2, 0.25) is 6.55 Å². The Hall–Kier alpha value is 0.0969. The smallest absolute Gasteiger partial charge is 0.373 e. The van der Waals surface area contributed by atoms with Crippen molar-refractivity contribution in [3.05, 3.63) is 0 Å². The van der Waals surface area contributed by atoms with Gasteiger partial charge in [0.25, 0.3) is 0 Å². The fourth-order valence-corrected chi connectivity index (χ4v) is 3.61. The molecule has 1 saturated heterocycles. The molecule has 4 heteroatoms. The highest BCUT2D eigenvalue weighted by Gasteiger charge is 2.43. The zero-order valence-electron chi connectivity index (χ0n) is 9.22. The van der Waals surface area contributed by atoms with Gasteiger partial charge in [-0.25, -0.2) is 0 Å². The summed E-state index contributed by atoms with van der Waals surface area (Å²) in [5.41, 5.74) is 0.132. The topological polar surface area (TPSA) is 27.7 Å². The fraction of sp³-hybridized carbons (Fsp3) is 1.00. The highest BCUT2D eigenvalue weighted by Crippen LogP contribution is 2.27. The minimum atomic E-state index is -2.29. The lowest BCUT2D eigenvalue weighted by Crippen LogP contribution is -2.53. The van der Waals surface area contributed by atoms with Gasteiger partial charge in [0.1, 0.15) is 0 Å². The molecule has 0 N–H and O–H groups in total. The van der Waals surface area contributed by atoms with Crippen LogP contribution in [0.4, 0.5) is 0 Å². The molecule has 0 unspecified atom stereocenters. The Balaban J connectivity index is 2.47. The molecule has 1 aliphatic heterocycles. The van der Waals surface area contributed by atoms with E-state index in [9.17, 15) is 0 Å². The van der Waals surface area contributed by atoms with Crippen molar-refractivity contribution in [3.63, 3.8) is 0 Å². The second-order valence-electron chi connectivity index (χ2n) is 4.77. The largest absolute Gasteiger partial charge is 0.497 e. The van der Waals surface area contributed by atoms with Crippen LogP contribution in [-0.4, -0.2) is 28.1 Å². The molecule has 1 fully saturated rings. The predicted molar refractivity (Wildman–Crippen MR) is 53.5 cm³/mol. The van der Waals surface area contributed by atoms with E-state index in [1.165, 1.54) is 0 Å². The molecule has 1 aliphatic rings. The molecule has 3 nitrogen and oxygen atoms in total. The summed E-state index contributed by atoms with van der Waals surface area (Å²) in [6.45, 7) is 11.7. The standard InChI is InChI=1S/C9H20O3Si/c1-8(2)12-13(5)10-6-9(3,4)7-11-13/h8H,6-7H2,1-5H3. The van der Waals surface area contributed by atoms with E-state index >= 15 is 0 Å². The van der Waals surface area contributed by atoms with Crippen LogP contribution in [0.3, 0.4) is 0 Å². The Kier molecular flexibility index (Phi) is 3.17. The van der Waals surface area contributed by atoms with Crippen LogP contribution >= 0.6 is 0 Å². The van der Waals surface area contributed by atoms with E-state index in [1.54, 1.807) is 0 Å². The van der Waals surface area contributed by atoms with Crippen LogP contribution in [0.5, 0.6) is 0 Å². The summed E-state index contributed by atoms with van der Waals surface area (Å²) in [4.78, 5) is 0. The molecule has 78 valence electrons. The van der Waals surface area contributed by atoms with Crippen molar-refractivity contribution in [3.8, 4) is 0 Å². The molecule has 1 heterocycles. The summed E-state index contributed by atoms with van der Waals surface area (Å²) >= 11 is 0. The van der Waals surface area contributed by atoms with Gasteiger partial charge in [0.2, 0.25) is 0 Å². The molecule has 0 aromatic rings. The van der Waals surface area contributed by atoms with Gasteiger partial charge in [-0.15, -0.1) is 0 Å². The molecule has 13 heavy (non-hydrogen) atoms. The van der Waals surface area contributed by atoms with E-state index in [1.807, 2.05) is 20.4 Å². The molecular formula is C9H20O3Si. The van der Waals surface area contributed by atoms with Gasteiger partial charge in [0.05, 0.1) is 0 Å². The highest BCUT2D eigenvalue weighted by molar-refractivity contribution is 6.59. The van der Waals surface area contributed by atoms with Crippen LogP contribution in [-0.2, 0) is 13.3 Å². The fourth-order valence-electron chi connectivity index (χ4n) is 1.23. The highest BCUT2D eigenvalue weighted by atomic mass is 28.4. The molecule has 0 atom stereocenters. The zero-order chi connectivity index (χ0) is 10.1. The van der Waals surface area contributed by atoms with Gasteiger partial charge in [-0.3, -0.25) is 0 Å². The average molecular weight is 204 g/mol. The Morgan fingerprint density at radius 2 is 1.69 bits per heavy atom. The summed E-state index contributed by atoms with van der Waals surface area (Å²) < 4.78 is 17.0. The van der Waals surface area contributed by atoms with Gasteiger partial charge in [-0.1, -0.05) is 13.8 Å². The Morgan fingerprint density at radius 3 is 2.08 bits per heavy atom. The molecule has 0 amide bonds. The summed E-state index contributed by atoms with van der Waals surface area (Å²) in [6.07, 6.45) is 0.179. The molecule has 1 rings (SSSR count). The van der Waals surface area contributed by atoms with Gasteiger partial charge >= 0.3 is 8.80 Å². The van der Waals surface area contributed by atoms with Gasteiger partial charge in [0.15, 0.2) is 0 Å². The zero-order valence-corrected chi connectivity index (χ0v) is 10.2. The third-order valence-electron chi connectivity index (χ3n) is 1.90. The first-order chi connectivity index (χ1) is 5.83. The second kappa shape index (κ2) is 3.69. The van der Waals surface area contributed by atoms with Crippen molar-refractivity contribution < 1.29 is 13.3 Å². The molecule has 0 aromatic carbocycles. The minimum Gasteiger partial charge on any atom is -0.373 e. The van der Waals surface area contributed by atoms with Gasteiger partial charge in [-0.2, -0.15) is 0 Å². The summed E-state index contributed by atoms with van der Waals surface area (Å²) in [5.74, 6) is 0. The normalized spacial score (nSPS) is 26.3. The van der Waals surface area contributed by atoms with Crippen molar-refractivity contribution in [2.45, 2.75) is 40.3 Å².